The average Bonchev–Trinajstić information content (AvgIpc) is 2.18. The summed E-state index contributed by atoms with van der Waals surface area (Å²) in [6.07, 6.45) is 0.0200. The Balaban J connectivity index is 2.50. The van der Waals surface area contributed by atoms with Crippen LogP contribution in [0.4, 0.5) is 0 Å². The fourth-order valence-corrected chi connectivity index (χ4v) is 1.16. The molecule has 0 saturated carbocycles. The molecule has 3 nitrogen and oxygen atoms in total. The summed E-state index contributed by atoms with van der Waals surface area (Å²) < 4.78 is 0. The highest BCUT2D eigenvalue weighted by Gasteiger charge is 2.12. The van der Waals surface area contributed by atoms with E-state index >= 15 is 0 Å². The lowest BCUT2D eigenvalue weighted by atomic mass is 10.0. The number of nitrogens with two attached hydrogens (primary N) is 2. The summed E-state index contributed by atoms with van der Waals surface area (Å²) >= 11 is 0. The number of aliphatic hydroxyl groups is 1. The van der Waals surface area contributed by atoms with Crippen molar-refractivity contribution in [2.24, 2.45) is 11.5 Å². The van der Waals surface area contributed by atoms with Gasteiger partial charge in [0.25, 0.3) is 0 Å². The molecule has 0 saturated heterocycles. The smallest absolute Gasteiger partial charge is 0.0743 e. The molecule has 0 aliphatic carbocycles. The summed E-state index contributed by atoms with van der Waals surface area (Å²) in [4.78, 5) is 0. The van der Waals surface area contributed by atoms with Crippen LogP contribution >= 0.6 is 0 Å². The first-order valence-corrected chi connectivity index (χ1v) is 4.41. The van der Waals surface area contributed by atoms with Gasteiger partial charge in [-0.25, -0.2) is 0 Å². The van der Waals surface area contributed by atoms with Crippen LogP contribution in [0.25, 0.3) is 0 Å². The van der Waals surface area contributed by atoms with Gasteiger partial charge in [-0.15, -0.1) is 0 Å². The monoisotopic (exact) mass is 180 g/mol. The quantitative estimate of drug-likeness (QED) is 0.604. The van der Waals surface area contributed by atoms with E-state index in [0.717, 1.165) is 5.56 Å². The molecular formula is C10H16N2O. The van der Waals surface area contributed by atoms with Gasteiger partial charge in [-0.2, -0.15) is 0 Å². The number of aliphatic hydroxyl groups excluding tert-OH is 1. The topological polar surface area (TPSA) is 72.3 Å². The SMILES string of the molecule is NCC(N)C(O)Cc1ccccc1. The first-order chi connectivity index (χ1) is 6.24. The highest BCUT2D eigenvalue weighted by atomic mass is 16.3. The predicted octanol–water partition coefficient (Wildman–Crippen LogP) is -0.124. The normalized spacial score (nSPS) is 15.3. The van der Waals surface area contributed by atoms with Crippen LogP contribution in [0.3, 0.4) is 0 Å². The lowest BCUT2D eigenvalue weighted by Gasteiger charge is -2.16. The Hall–Kier alpha value is -0.900. The van der Waals surface area contributed by atoms with E-state index < -0.39 is 6.10 Å². The minimum Gasteiger partial charge on any atom is -0.391 e. The molecule has 1 aromatic carbocycles. The zero-order valence-corrected chi connectivity index (χ0v) is 7.56. The molecule has 0 aromatic heterocycles. The maximum atomic E-state index is 9.57. The van der Waals surface area contributed by atoms with E-state index in [-0.39, 0.29) is 6.04 Å². The maximum absolute atomic E-state index is 9.57. The summed E-state index contributed by atoms with van der Waals surface area (Å²) in [6.45, 7) is 0.313. The van der Waals surface area contributed by atoms with Gasteiger partial charge in [-0.1, -0.05) is 30.3 Å². The van der Waals surface area contributed by atoms with Crippen molar-refractivity contribution in [1.82, 2.24) is 0 Å². The van der Waals surface area contributed by atoms with E-state index in [4.69, 9.17) is 11.5 Å². The fraction of sp³-hybridized carbons (Fsp3) is 0.400. The molecule has 2 unspecified atom stereocenters. The van der Waals surface area contributed by atoms with Crippen molar-refractivity contribution in [2.45, 2.75) is 18.6 Å². The van der Waals surface area contributed by atoms with E-state index in [1.54, 1.807) is 0 Å². The second kappa shape index (κ2) is 4.97. The molecule has 0 heterocycles. The third-order valence-electron chi connectivity index (χ3n) is 2.05. The van der Waals surface area contributed by atoms with Gasteiger partial charge in [0, 0.05) is 12.6 Å². The molecule has 13 heavy (non-hydrogen) atoms. The highest BCUT2D eigenvalue weighted by Crippen LogP contribution is 2.04. The van der Waals surface area contributed by atoms with Gasteiger partial charge < -0.3 is 16.6 Å². The number of hydrogen-bond acceptors (Lipinski definition) is 3. The van der Waals surface area contributed by atoms with Crippen LogP contribution in [0.5, 0.6) is 0 Å². The third kappa shape index (κ3) is 3.14. The lowest BCUT2D eigenvalue weighted by Crippen LogP contribution is -2.42. The average molecular weight is 180 g/mol. The van der Waals surface area contributed by atoms with Crippen molar-refractivity contribution >= 4 is 0 Å². The Bertz CT molecular complexity index is 238. The minimum absolute atomic E-state index is 0.313. The van der Waals surface area contributed by atoms with Crippen molar-refractivity contribution in [2.75, 3.05) is 6.54 Å². The van der Waals surface area contributed by atoms with Crippen LogP contribution < -0.4 is 11.5 Å². The Morgan fingerprint density at radius 2 is 1.85 bits per heavy atom. The van der Waals surface area contributed by atoms with Gasteiger partial charge in [-0.3, -0.25) is 0 Å². The Morgan fingerprint density at radius 3 is 2.38 bits per heavy atom. The van der Waals surface area contributed by atoms with Crippen molar-refractivity contribution < 1.29 is 5.11 Å². The third-order valence-corrected chi connectivity index (χ3v) is 2.05. The Morgan fingerprint density at radius 1 is 1.23 bits per heavy atom. The van der Waals surface area contributed by atoms with E-state index in [9.17, 15) is 5.11 Å². The summed E-state index contributed by atoms with van der Waals surface area (Å²) in [5, 5.41) is 9.57. The van der Waals surface area contributed by atoms with E-state index in [1.165, 1.54) is 0 Å². The molecule has 0 radical (unpaired) electrons. The van der Waals surface area contributed by atoms with Crippen LogP contribution in [-0.2, 0) is 6.42 Å². The van der Waals surface area contributed by atoms with E-state index in [0.29, 0.717) is 13.0 Å². The molecule has 0 amide bonds. The number of rotatable bonds is 4. The second-order valence-electron chi connectivity index (χ2n) is 3.16. The lowest BCUT2D eigenvalue weighted by molar-refractivity contribution is 0.147. The summed E-state index contributed by atoms with van der Waals surface area (Å²) in [7, 11) is 0. The van der Waals surface area contributed by atoms with Gasteiger partial charge >= 0.3 is 0 Å². The fourth-order valence-electron chi connectivity index (χ4n) is 1.16. The van der Waals surface area contributed by atoms with Crippen LogP contribution in [0, 0.1) is 0 Å². The zero-order chi connectivity index (χ0) is 9.68. The predicted molar refractivity (Wildman–Crippen MR) is 53.2 cm³/mol. The highest BCUT2D eigenvalue weighted by molar-refractivity contribution is 5.15. The first kappa shape index (κ1) is 10.2. The molecule has 0 aliphatic rings. The molecule has 1 rings (SSSR count). The van der Waals surface area contributed by atoms with E-state index in [1.807, 2.05) is 30.3 Å². The Kier molecular flexibility index (Phi) is 3.89. The molecule has 0 spiro atoms. The summed E-state index contributed by atoms with van der Waals surface area (Å²) in [5.41, 5.74) is 12.0. The largest absolute Gasteiger partial charge is 0.391 e. The van der Waals surface area contributed by atoms with Crippen molar-refractivity contribution in [1.29, 1.82) is 0 Å². The minimum atomic E-state index is -0.549. The van der Waals surface area contributed by atoms with Gasteiger partial charge in [0.2, 0.25) is 0 Å². The molecule has 0 bridgehead atoms. The van der Waals surface area contributed by atoms with Crippen LogP contribution in [0.1, 0.15) is 5.56 Å². The molecule has 1 aromatic rings. The number of benzene rings is 1. The maximum Gasteiger partial charge on any atom is 0.0743 e. The van der Waals surface area contributed by atoms with Crippen LogP contribution in [0.2, 0.25) is 0 Å². The first-order valence-electron chi connectivity index (χ1n) is 4.41. The second-order valence-corrected chi connectivity index (χ2v) is 3.16. The zero-order valence-electron chi connectivity index (χ0n) is 7.56. The van der Waals surface area contributed by atoms with Crippen molar-refractivity contribution in [3.8, 4) is 0 Å². The van der Waals surface area contributed by atoms with Gasteiger partial charge in [0.15, 0.2) is 0 Å². The molecular weight excluding hydrogens is 164 g/mol. The van der Waals surface area contributed by atoms with Gasteiger partial charge in [0.1, 0.15) is 0 Å². The van der Waals surface area contributed by atoms with Gasteiger partial charge in [0.05, 0.1) is 6.10 Å². The van der Waals surface area contributed by atoms with Crippen molar-refractivity contribution in [3.05, 3.63) is 35.9 Å². The van der Waals surface area contributed by atoms with Crippen LogP contribution in [-0.4, -0.2) is 23.8 Å². The molecule has 2 atom stereocenters. The van der Waals surface area contributed by atoms with Crippen LogP contribution in [0.15, 0.2) is 30.3 Å². The molecule has 5 N–H and O–H groups in total. The molecule has 0 aliphatic heterocycles. The van der Waals surface area contributed by atoms with Gasteiger partial charge in [-0.05, 0) is 12.0 Å². The van der Waals surface area contributed by atoms with Crippen molar-refractivity contribution in [3.63, 3.8) is 0 Å². The molecule has 0 fully saturated rings. The summed E-state index contributed by atoms with van der Waals surface area (Å²) in [5.74, 6) is 0. The summed E-state index contributed by atoms with van der Waals surface area (Å²) in [6, 6.07) is 9.42. The van der Waals surface area contributed by atoms with E-state index in [2.05, 4.69) is 0 Å². The standard InChI is InChI=1S/C10H16N2O/c11-7-9(12)10(13)6-8-4-2-1-3-5-8/h1-5,9-10,13H,6-7,11-12H2. The molecule has 3 heteroatoms. The molecule has 72 valence electrons. The Labute approximate surface area is 78.4 Å². The number of hydrogen-bond donors (Lipinski definition) is 3.